The van der Waals surface area contributed by atoms with Crippen molar-refractivity contribution in [2.45, 2.75) is 11.3 Å². The zero-order chi connectivity index (χ0) is 18.5. The van der Waals surface area contributed by atoms with Crippen molar-refractivity contribution in [2.75, 3.05) is 26.9 Å². The molecule has 12 heteroatoms. The number of hydrogen-bond donors (Lipinski definition) is 3. The molecule has 0 saturated carbocycles. The Morgan fingerprint density at radius 1 is 0.958 bits per heavy atom. The van der Waals surface area contributed by atoms with Gasteiger partial charge in [-0.1, -0.05) is 0 Å². The smallest absolute Gasteiger partial charge is 0.313 e. The van der Waals surface area contributed by atoms with Crippen LogP contribution in [0.3, 0.4) is 0 Å². The molecule has 0 aliphatic heterocycles. The summed E-state index contributed by atoms with van der Waals surface area (Å²) in [6.07, 6.45) is -0.483. The van der Waals surface area contributed by atoms with Crippen molar-refractivity contribution in [1.82, 2.24) is 0 Å². The highest BCUT2D eigenvalue weighted by Gasteiger charge is 2.35. The van der Waals surface area contributed by atoms with E-state index in [1.54, 1.807) is 0 Å². The van der Waals surface area contributed by atoms with Gasteiger partial charge in [-0.2, -0.15) is 8.78 Å². The Labute approximate surface area is 135 Å². The molecule has 0 spiro atoms. The van der Waals surface area contributed by atoms with Gasteiger partial charge in [0, 0.05) is 7.11 Å². The molecule has 24 heavy (non-hydrogen) atoms. The van der Waals surface area contributed by atoms with Crippen molar-refractivity contribution in [3.05, 3.63) is 23.3 Å². The molecular formula is C12H14F4O7S. The van der Waals surface area contributed by atoms with E-state index in [2.05, 4.69) is 9.47 Å². The summed E-state index contributed by atoms with van der Waals surface area (Å²) in [5.41, 5.74) is 0. The minimum atomic E-state index is -5.08. The van der Waals surface area contributed by atoms with Crippen LogP contribution >= 0.6 is 10.9 Å². The number of halogens is 4. The number of hydrogen-bond acceptors (Lipinski definition) is 7. The summed E-state index contributed by atoms with van der Waals surface area (Å²) in [7, 11) is -3.67. The zero-order valence-corrected chi connectivity index (χ0v) is 13.0. The molecule has 0 amide bonds. The van der Waals surface area contributed by atoms with Gasteiger partial charge in [0.25, 0.3) is 0 Å². The fraction of sp³-hybridized carbons (Fsp3) is 0.417. The molecule has 0 saturated heterocycles. The first-order valence-corrected chi connectivity index (χ1v) is 7.75. The third-order valence-electron chi connectivity index (χ3n) is 2.55. The molecule has 1 aromatic carbocycles. The summed E-state index contributed by atoms with van der Waals surface area (Å²) in [6, 6.07) is 0. The topological polar surface area (TPSA) is 105 Å². The van der Waals surface area contributed by atoms with Crippen LogP contribution in [-0.2, 0) is 14.3 Å². The highest BCUT2D eigenvalue weighted by molar-refractivity contribution is 8.19. The summed E-state index contributed by atoms with van der Waals surface area (Å²) in [4.78, 5) is 9.40. The minimum Gasteiger partial charge on any atom is -0.420 e. The van der Waals surface area contributed by atoms with Crippen molar-refractivity contribution in [1.29, 1.82) is 0 Å². The van der Waals surface area contributed by atoms with Crippen molar-refractivity contribution in [3.8, 4) is 5.75 Å². The van der Waals surface area contributed by atoms with E-state index in [-0.39, 0.29) is 19.8 Å². The molecule has 0 aliphatic rings. The maximum absolute atomic E-state index is 13.7. The fourth-order valence-corrected chi connectivity index (χ4v) is 2.15. The molecule has 1 aromatic rings. The predicted octanol–water partition coefficient (Wildman–Crippen LogP) is 2.78. The average molecular weight is 378 g/mol. The van der Waals surface area contributed by atoms with Crippen molar-refractivity contribution in [2.24, 2.45) is 0 Å². The number of ether oxygens (including phenoxy) is 3. The molecule has 3 N–H and O–H groups in total. The average Bonchev–Trinajstić information content (AvgIpc) is 2.48. The molecule has 0 atom stereocenters. The molecule has 7 nitrogen and oxygen atoms in total. The van der Waals surface area contributed by atoms with E-state index in [0.717, 1.165) is 0 Å². The van der Waals surface area contributed by atoms with E-state index in [1.165, 1.54) is 7.11 Å². The van der Waals surface area contributed by atoms with E-state index in [4.69, 9.17) is 18.4 Å². The number of benzene rings is 1. The fourth-order valence-electron chi connectivity index (χ4n) is 1.49. The van der Waals surface area contributed by atoms with E-state index in [0.29, 0.717) is 0 Å². The highest BCUT2D eigenvalue weighted by atomic mass is 32.3. The normalized spacial score (nSPS) is 12.3. The van der Waals surface area contributed by atoms with Gasteiger partial charge in [-0.25, -0.2) is 8.78 Å². The number of carbonyl (C=O) groups is 1. The molecule has 0 unspecified atom stereocenters. The van der Waals surface area contributed by atoms with Crippen molar-refractivity contribution in [3.63, 3.8) is 0 Å². The number of carbonyl (C=O) groups excluding carboxylic acids is 1. The third-order valence-corrected chi connectivity index (χ3v) is 3.46. The molecule has 138 valence electrons. The largest absolute Gasteiger partial charge is 0.420 e. The molecule has 0 aromatic heterocycles. The van der Waals surface area contributed by atoms with Gasteiger partial charge in [-0.15, -0.1) is 0 Å². The van der Waals surface area contributed by atoms with Gasteiger partial charge in [0.15, 0.2) is 11.6 Å². The van der Waals surface area contributed by atoms with Crippen LogP contribution in [0.4, 0.5) is 17.6 Å². The number of methoxy groups -OCH3 is 1. The Kier molecular flexibility index (Phi) is 7.38. The standard InChI is InChI=1S/C12H14F4O7S/c1-21-4-5-22-3-2-6(17)23-11-7(13)9(15)12(24(18,19)20)10(16)8(11)14/h18-20H,2-5H2,1H3. The Hall–Kier alpha value is -1.44. The zero-order valence-electron chi connectivity index (χ0n) is 12.2. The quantitative estimate of drug-likeness (QED) is 0.210. The van der Waals surface area contributed by atoms with Crippen LogP contribution in [0.5, 0.6) is 5.75 Å². The van der Waals surface area contributed by atoms with Crippen LogP contribution in [0.15, 0.2) is 4.90 Å². The van der Waals surface area contributed by atoms with E-state index in [1.807, 2.05) is 0 Å². The first kappa shape index (κ1) is 20.6. The van der Waals surface area contributed by atoms with Gasteiger partial charge in [0.05, 0.1) is 26.2 Å². The number of rotatable bonds is 8. The van der Waals surface area contributed by atoms with E-state index >= 15 is 0 Å². The van der Waals surface area contributed by atoms with Crippen molar-refractivity contribution < 1.29 is 50.2 Å². The lowest BCUT2D eigenvalue weighted by atomic mass is 10.3. The summed E-state index contributed by atoms with van der Waals surface area (Å²) in [5, 5.41) is 0. The van der Waals surface area contributed by atoms with Crippen LogP contribution in [0, 0.1) is 23.3 Å². The lowest BCUT2D eigenvalue weighted by molar-refractivity contribution is -0.136. The van der Waals surface area contributed by atoms with E-state index < -0.39 is 57.2 Å². The summed E-state index contributed by atoms with van der Waals surface area (Å²) in [5.74, 6) is -12.0. The van der Waals surface area contributed by atoms with Gasteiger partial charge < -0.3 is 27.9 Å². The maximum atomic E-state index is 13.7. The minimum absolute atomic E-state index is 0.138. The van der Waals surface area contributed by atoms with Gasteiger partial charge in [0.2, 0.25) is 17.4 Å². The van der Waals surface area contributed by atoms with Crippen molar-refractivity contribution >= 4 is 16.8 Å². The lowest BCUT2D eigenvalue weighted by Crippen LogP contribution is -2.16. The molecule has 0 radical (unpaired) electrons. The van der Waals surface area contributed by atoms with Crippen LogP contribution < -0.4 is 4.74 Å². The Morgan fingerprint density at radius 2 is 1.50 bits per heavy atom. The second-order valence-electron chi connectivity index (χ2n) is 4.26. The van der Waals surface area contributed by atoms with Gasteiger partial charge in [-0.3, -0.25) is 4.79 Å². The van der Waals surface area contributed by atoms with Gasteiger partial charge in [0.1, 0.15) is 15.8 Å². The molecule has 0 bridgehead atoms. The summed E-state index contributed by atoms with van der Waals surface area (Å²) < 4.78 is 94.6. The molecule has 0 heterocycles. The first-order chi connectivity index (χ1) is 11.1. The SMILES string of the molecule is COCCOCCC(=O)Oc1c(F)c(F)c(S(O)(O)O)c(F)c1F. The van der Waals surface area contributed by atoms with Crippen LogP contribution in [-0.4, -0.2) is 46.6 Å². The van der Waals surface area contributed by atoms with Crippen LogP contribution in [0.1, 0.15) is 6.42 Å². The predicted molar refractivity (Wildman–Crippen MR) is 73.0 cm³/mol. The van der Waals surface area contributed by atoms with Crippen LogP contribution in [0.2, 0.25) is 0 Å². The lowest BCUT2D eigenvalue weighted by Gasteiger charge is -2.21. The maximum Gasteiger partial charge on any atom is 0.313 e. The molecule has 1 rings (SSSR count). The molecular weight excluding hydrogens is 364 g/mol. The summed E-state index contributed by atoms with van der Waals surface area (Å²) in [6.45, 7) is 0.175. The Bertz CT molecular complexity index is 577. The first-order valence-electron chi connectivity index (χ1n) is 6.25. The Balaban J connectivity index is 2.92. The second-order valence-corrected chi connectivity index (χ2v) is 5.71. The number of esters is 1. The third kappa shape index (κ3) is 5.03. The van der Waals surface area contributed by atoms with Gasteiger partial charge in [-0.05, 0) is 0 Å². The Morgan fingerprint density at radius 3 is 1.96 bits per heavy atom. The second kappa shape index (κ2) is 8.60. The van der Waals surface area contributed by atoms with Gasteiger partial charge >= 0.3 is 5.97 Å². The molecule has 0 fully saturated rings. The highest BCUT2D eigenvalue weighted by Crippen LogP contribution is 2.49. The summed E-state index contributed by atoms with van der Waals surface area (Å²) >= 11 is 0. The monoisotopic (exact) mass is 378 g/mol. The van der Waals surface area contributed by atoms with Crippen LogP contribution in [0.25, 0.3) is 0 Å². The van der Waals surface area contributed by atoms with E-state index in [9.17, 15) is 22.4 Å². The molecule has 0 aliphatic carbocycles.